The number of benzene rings is 1. The van der Waals surface area contributed by atoms with E-state index in [1.807, 2.05) is 6.07 Å². The van der Waals surface area contributed by atoms with E-state index in [0.29, 0.717) is 17.7 Å². The highest BCUT2D eigenvalue weighted by Crippen LogP contribution is 2.16. The van der Waals surface area contributed by atoms with E-state index in [1.165, 1.54) is 12.3 Å². The van der Waals surface area contributed by atoms with E-state index in [1.54, 1.807) is 24.3 Å². The Bertz CT molecular complexity index is 677. The van der Waals surface area contributed by atoms with Crippen molar-refractivity contribution in [3.63, 3.8) is 0 Å². The Labute approximate surface area is 121 Å². The molecule has 2 aromatic rings. The van der Waals surface area contributed by atoms with Gasteiger partial charge in [-0.15, -0.1) is 0 Å². The Kier molecular flexibility index (Phi) is 4.18. The van der Waals surface area contributed by atoms with Crippen molar-refractivity contribution in [3.05, 3.63) is 58.2 Å². The van der Waals surface area contributed by atoms with Gasteiger partial charge in [-0.1, -0.05) is 23.7 Å². The average Bonchev–Trinajstić information content (AvgIpc) is 2.48. The molecule has 3 N–H and O–H groups in total. The van der Waals surface area contributed by atoms with Crippen LogP contribution in [-0.4, -0.2) is 10.9 Å². The SMILES string of the molecule is N#Cc1ccc(CNC(=O)c2cnc(N)c(Cl)c2)cc1. The van der Waals surface area contributed by atoms with Crippen LogP contribution in [0.4, 0.5) is 5.82 Å². The predicted octanol–water partition coefficient (Wildman–Crippen LogP) is 2.12. The van der Waals surface area contributed by atoms with Gasteiger partial charge in [-0.05, 0) is 23.8 Å². The number of nitrogens with two attached hydrogens (primary N) is 1. The maximum Gasteiger partial charge on any atom is 0.253 e. The van der Waals surface area contributed by atoms with Crippen LogP contribution in [-0.2, 0) is 6.54 Å². The highest BCUT2D eigenvalue weighted by atomic mass is 35.5. The fourth-order valence-corrected chi connectivity index (χ4v) is 1.72. The third kappa shape index (κ3) is 3.25. The Hall–Kier alpha value is -2.58. The summed E-state index contributed by atoms with van der Waals surface area (Å²) in [6.07, 6.45) is 1.37. The van der Waals surface area contributed by atoms with Gasteiger partial charge in [0.1, 0.15) is 5.82 Å². The quantitative estimate of drug-likeness (QED) is 0.904. The van der Waals surface area contributed by atoms with E-state index >= 15 is 0 Å². The second-order valence-corrected chi connectivity index (χ2v) is 4.49. The van der Waals surface area contributed by atoms with E-state index in [2.05, 4.69) is 10.3 Å². The number of nitrogens with one attached hydrogen (secondary N) is 1. The molecule has 100 valence electrons. The van der Waals surface area contributed by atoms with Crippen LogP contribution in [0.25, 0.3) is 0 Å². The molecule has 0 atom stereocenters. The minimum absolute atomic E-state index is 0.190. The standard InChI is InChI=1S/C14H11ClN4O/c15-12-5-11(8-18-13(12)17)14(20)19-7-10-3-1-9(6-16)2-4-10/h1-5,8H,7H2,(H2,17,18)(H,19,20). The summed E-state index contributed by atoms with van der Waals surface area (Å²) in [6.45, 7) is 0.354. The molecule has 0 aliphatic heterocycles. The highest BCUT2D eigenvalue weighted by molar-refractivity contribution is 6.33. The molecular weight excluding hydrogens is 276 g/mol. The molecule has 0 radical (unpaired) electrons. The summed E-state index contributed by atoms with van der Waals surface area (Å²) < 4.78 is 0. The number of halogens is 1. The number of aromatic nitrogens is 1. The van der Waals surface area contributed by atoms with Gasteiger partial charge in [0, 0.05) is 12.7 Å². The second kappa shape index (κ2) is 6.04. The Balaban J connectivity index is 2.01. The Morgan fingerprint density at radius 2 is 2.10 bits per heavy atom. The summed E-state index contributed by atoms with van der Waals surface area (Å²) in [4.78, 5) is 15.7. The van der Waals surface area contributed by atoms with Crippen molar-refractivity contribution in [3.8, 4) is 6.07 Å². The molecule has 0 unspecified atom stereocenters. The van der Waals surface area contributed by atoms with Gasteiger partial charge in [0.2, 0.25) is 0 Å². The van der Waals surface area contributed by atoms with Crippen molar-refractivity contribution in [2.75, 3.05) is 5.73 Å². The lowest BCUT2D eigenvalue weighted by Gasteiger charge is -2.06. The van der Waals surface area contributed by atoms with E-state index in [0.717, 1.165) is 5.56 Å². The maximum absolute atomic E-state index is 11.9. The number of nitrogen functional groups attached to an aromatic ring is 1. The van der Waals surface area contributed by atoms with Crippen LogP contribution in [0.5, 0.6) is 0 Å². The minimum Gasteiger partial charge on any atom is -0.382 e. The third-order valence-electron chi connectivity index (χ3n) is 2.67. The van der Waals surface area contributed by atoms with Crippen molar-refractivity contribution >= 4 is 23.3 Å². The number of nitriles is 1. The molecule has 2 rings (SSSR count). The molecule has 0 fully saturated rings. The van der Waals surface area contributed by atoms with Crippen molar-refractivity contribution in [2.45, 2.75) is 6.54 Å². The van der Waals surface area contributed by atoms with Gasteiger partial charge in [-0.3, -0.25) is 4.79 Å². The minimum atomic E-state index is -0.288. The normalized spacial score (nSPS) is 9.80. The van der Waals surface area contributed by atoms with Crippen LogP contribution >= 0.6 is 11.6 Å². The fourth-order valence-electron chi connectivity index (χ4n) is 1.55. The first-order valence-corrected chi connectivity index (χ1v) is 6.16. The lowest BCUT2D eigenvalue weighted by atomic mass is 10.1. The molecule has 0 aliphatic rings. The summed E-state index contributed by atoms with van der Waals surface area (Å²) in [6, 6.07) is 10.5. The first-order chi connectivity index (χ1) is 9.60. The van der Waals surface area contributed by atoms with Gasteiger partial charge >= 0.3 is 0 Å². The lowest BCUT2D eigenvalue weighted by molar-refractivity contribution is 0.0950. The molecule has 20 heavy (non-hydrogen) atoms. The molecule has 1 amide bonds. The van der Waals surface area contributed by atoms with E-state index < -0.39 is 0 Å². The average molecular weight is 287 g/mol. The first kappa shape index (κ1) is 13.8. The number of hydrogen-bond donors (Lipinski definition) is 2. The number of nitrogens with zero attached hydrogens (tertiary/aromatic N) is 2. The first-order valence-electron chi connectivity index (χ1n) is 5.78. The molecule has 6 heteroatoms. The number of pyridine rings is 1. The topological polar surface area (TPSA) is 91.8 Å². The molecule has 1 aromatic carbocycles. The van der Waals surface area contributed by atoms with Gasteiger partial charge in [0.05, 0.1) is 22.2 Å². The van der Waals surface area contributed by atoms with Gasteiger partial charge in [0.15, 0.2) is 0 Å². The lowest BCUT2D eigenvalue weighted by Crippen LogP contribution is -2.23. The second-order valence-electron chi connectivity index (χ2n) is 4.08. The number of anilines is 1. The zero-order valence-electron chi connectivity index (χ0n) is 10.4. The summed E-state index contributed by atoms with van der Waals surface area (Å²) in [5.41, 5.74) is 7.30. The van der Waals surface area contributed by atoms with Crippen LogP contribution in [0.2, 0.25) is 5.02 Å². The van der Waals surface area contributed by atoms with Crippen molar-refractivity contribution in [2.24, 2.45) is 0 Å². The van der Waals surface area contributed by atoms with Crippen molar-refractivity contribution in [1.29, 1.82) is 5.26 Å². The van der Waals surface area contributed by atoms with Gasteiger partial charge < -0.3 is 11.1 Å². The molecule has 0 saturated heterocycles. The summed E-state index contributed by atoms with van der Waals surface area (Å²) in [5.74, 6) is -0.0981. The van der Waals surface area contributed by atoms with Crippen LogP contribution in [0, 0.1) is 11.3 Å². The molecule has 0 aliphatic carbocycles. The van der Waals surface area contributed by atoms with E-state index in [9.17, 15) is 4.79 Å². The van der Waals surface area contributed by atoms with Gasteiger partial charge in [-0.2, -0.15) is 5.26 Å². The number of carbonyl (C=O) groups excluding carboxylic acids is 1. The van der Waals surface area contributed by atoms with Crippen LogP contribution in [0.3, 0.4) is 0 Å². The molecule has 0 saturated carbocycles. The number of hydrogen-bond acceptors (Lipinski definition) is 4. The predicted molar refractivity (Wildman–Crippen MR) is 76.0 cm³/mol. The molecule has 0 spiro atoms. The third-order valence-corrected chi connectivity index (χ3v) is 2.97. The fraction of sp³-hybridized carbons (Fsp3) is 0.0714. The highest BCUT2D eigenvalue weighted by Gasteiger charge is 2.08. The van der Waals surface area contributed by atoms with Gasteiger partial charge in [-0.25, -0.2) is 4.98 Å². The van der Waals surface area contributed by atoms with E-state index in [4.69, 9.17) is 22.6 Å². The zero-order chi connectivity index (χ0) is 14.5. The molecule has 0 bridgehead atoms. The van der Waals surface area contributed by atoms with Crippen LogP contribution < -0.4 is 11.1 Å². The van der Waals surface area contributed by atoms with Crippen LogP contribution in [0.1, 0.15) is 21.5 Å². The molecular formula is C14H11ClN4O. The van der Waals surface area contributed by atoms with Crippen molar-refractivity contribution in [1.82, 2.24) is 10.3 Å². The number of amides is 1. The molecule has 5 nitrogen and oxygen atoms in total. The number of rotatable bonds is 3. The summed E-state index contributed by atoms with van der Waals surface area (Å²) >= 11 is 5.81. The monoisotopic (exact) mass is 286 g/mol. The van der Waals surface area contributed by atoms with E-state index in [-0.39, 0.29) is 16.7 Å². The summed E-state index contributed by atoms with van der Waals surface area (Å²) in [7, 11) is 0. The maximum atomic E-state index is 11.9. The van der Waals surface area contributed by atoms with Gasteiger partial charge in [0.25, 0.3) is 5.91 Å². The Morgan fingerprint density at radius 1 is 1.40 bits per heavy atom. The number of carbonyl (C=O) groups is 1. The zero-order valence-corrected chi connectivity index (χ0v) is 11.2. The smallest absolute Gasteiger partial charge is 0.253 e. The Morgan fingerprint density at radius 3 is 2.70 bits per heavy atom. The molecule has 1 heterocycles. The molecule has 1 aromatic heterocycles. The summed E-state index contributed by atoms with van der Waals surface area (Å²) in [5, 5.41) is 11.7. The van der Waals surface area contributed by atoms with Crippen LogP contribution in [0.15, 0.2) is 36.5 Å². The largest absolute Gasteiger partial charge is 0.382 e. The van der Waals surface area contributed by atoms with Crippen molar-refractivity contribution < 1.29 is 4.79 Å².